The average Bonchev–Trinajstić information content (AvgIpc) is 2.44. The van der Waals surface area contributed by atoms with Crippen molar-refractivity contribution in [2.24, 2.45) is 11.7 Å². The minimum atomic E-state index is -0.155. The number of hydrogen-bond donors (Lipinski definition) is 2. The lowest BCUT2D eigenvalue weighted by molar-refractivity contribution is -0.119. The van der Waals surface area contributed by atoms with Crippen LogP contribution in [-0.2, 0) is 11.3 Å². The van der Waals surface area contributed by atoms with Crippen molar-refractivity contribution >= 4 is 11.6 Å². The molecular formula is C16H27N3O2. The molecule has 5 heteroatoms. The quantitative estimate of drug-likeness (QED) is 0.770. The SMILES string of the molecule is CCCC(CN)C(=O)Nc1cc(CN(C)C)ccc1OC. The van der Waals surface area contributed by atoms with Gasteiger partial charge in [-0.15, -0.1) is 0 Å². The van der Waals surface area contributed by atoms with Gasteiger partial charge in [0.25, 0.3) is 0 Å². The van der Waals surface area contributed by atoms with Crippen LogP contribution in [0, 0.1) is 5.92 Å². The van der Waals surface area contributed by atoms with Crippen LogP contribution in [0.1, 0.15) is 25.3 Å². The molecule has 0 saturated heterocycles. The summed E-state index contributed by atoms with van der Waals surface area (Å²) < 4.78 is 5.32. The maximum absolute atomic E-state index is 12.3. The molecule has 0 aliphatic heterocycles. The molecule has 0 fully saturated rings. The molecule has 0 radical (unpaired) electrons. The molecule has 0 bridgehead atoms. The number of benzene rings is 1. The Kier molecular flexibility index (Phi) is 7.19. The summed E-state index contributed by atoms with van der Waals surface area (Å²) in [5.41, 5.74) is 7.51. The lowest BCUT2D eigenvalue weighted by Crippen LogP contribution is -2.29. The first-order valence-corrected chi connectivity index (χ1v) is 7.34. The second kappa shape index (κ2) is 8.64. The molecule has 21 heavy (non-hydrogen) atoms. The predicted octanol–water partition coefficient (Wildman–Crippen LogP) is 2.07. The smallest absolute Gasteiger partial charge is 0.228 e. The molecule has 0 aliphatic carbocycles. The molecule has 0 aliphatic rings. The number of anilines is 1. The zero-order valence-electron chi connectivity index (χ0n) is 13.5. The van der Waals surface area contributed by atoms with E-state index in [2.05, 4.69) is 10.2 Å². The van der Waals surface area contributed by atoms with Crippen LogP contribution in [0.4, 0.5) is 5.69 Å². The van der Waals surface area contributed by atoms with Crippen molar-refractivity contribution < 1.29 is 9.53 Å². The standard InChI is InChI=1S/C16H27N3O2/c1-5-6-13(10-17)16(20)18-14-9-12(11-19(2)3)7-8-15(14)21-4/h7-9,13H,5-6,10-11,17H2,1-4H3,(H,18,20). The van der Waals surface area contributed by atoms with Gasteiger partial charge in [-0.1, -0.05) is 19.4 Å². The highest BCUT2D eigenvalue weighted by Crippen LogP contribution is 2.26. The van der Waals surface area contributed by atoms with Crippen LogP contribution >= 0.6 is 0 Å². The lowest BCUT2D eigenvalue weighted by atomic mass is 10.0. The molecule has 1 aromatic carbocycles. The predicted molar refractivity (Wildman–Crippen MR) is 86.5 cm³/mol. The zero-order valence-corrected chi connectivity index (χ0v) is 13.5. The van der Waals surface area contributed by atoms with Crippen molar-refractivity contribution in [3.63, 3.8) is 0 Å². The van der Waals surface area contributed by atoms with Gasteiger partial charge in [0.15, 0.2) is 0 Å². The van der Waals surface area contributed by atoms with Crippen LogP contribution in [0.2, 0.25) is 0 Å². The van der Waals surface area contributed by atoms with Crippen LogP contribution in [0.5, 0.6) is 5.75 Å². The summed E-state index contributed by atoms with van der Waals surface area (Å²) in [4.78, 5) is 14.4. The number of carbonyl (C=O) groups excluding carboxylic acids is 1. The number of amides is 1. The van der Waals surface area contributed by atoms with E-state index in [4.69, 9.17) is 10.5 Å². The fourth-order valence-corrected chi connectivity index (χ4v) is 2.26. The summed E-state index contributed by atoms with van der Waals surface area (Å²) in [6, 6.07) is 5.84. The minimum absolute atomic E-state index is 0.0420. The van der Waals surface area contributed by atoms with E-state index in [0.717, 1.165) is 24.9 Å². The molecule has 118 valence electrons. The lowest BCUT2D eigenvalue weighted by Gasteiger charge is -2.17. The van der Waals surface area contributed by atoms with Crippen molar-refractivity contribution in [2.45, 2.75) is 26.3 Å². The number of nitrogens with two attached hydrogens (primary N) is 1. The van der Waals surface area contributed by atoms with Gasteiger partial charge in [-0.05, 0) is 38.2 Å². The average molecular weight is 293 g/mol. The summed E-state index contributed by atoms with van der Waals surface area (Å²) in [6.07, 6.45) is 1.73. The Morgan fingerprint density at radius 3 is 2.67 bits per heavy atom. The summed E-state index contributed by atoms with van der Waals surface area (Å²) in [6.45, 7) is 3.22. The van der Waals surface area contributed by atoms with E-state index in [1.54, 1.807) is 7.11 Å². The Hall–Kier alpha value is -1.59. The van der Waals surface area contributed by atoms with E-state index in [1.165, 1.54) is 0 Å². The third-order valence-corrected chi connectivity index (χ3v) is 3.31. The number of methoxy groups -OCH3 is 1. The van der Waals surface area contributed by atoms with Crippen molar-refractivity contribution in [3.05, 3.63) is 23.8 Å². The summed E-state index contributed by atoms with van der Waals surface area (Å²) in [5.74, 6) is 0.468. The van der Waals surface area contributed by atoms with Crippen LogP contribution < -0.4 is 15.8 Å². The fraction of sp³-hybridized carbons (Fsp3) is 0.562. The highest BCUT2D eigenvalue weighted by atomic mass is 16.5. The first kappa shape index (κ1) is 17.5. The maximum atomic E-state index is 12.3. The highest BCUT2D eigenvalue weighted by Gasteiger charge is 2.17. The Balaban J connectivity index is 2.91. The normalized spacial score (nSPS) is 12.3. The van der Waals surface area contributed by atoms with Crippen molar-refractivity contribution in [1.29, 1.82) is 0 Å². The van der Waals surface area contributed by atoms with Gasteiger partial charge in [0.2, 0.25) is 5.91 Å². The Morgan fingerprint density at radius 2 is 2.14 bits per heavy atom. The summed E-state index contributed by atoms with van der Waals surface area (Å²) in [5, 5.41) is 2.95. The molecule has 1 rings (SSSR count). The number of nitrogens with one attached hydrogen (secondary N) is 1. The number of hydrogen-bond acceptors (Lipinski definition) is 4. The van der Waals surface area contributed by atoms with Crippen molar-refractivity contribution in [2.75, 3.05) is 33.1 Å². The van der Waals surface area contributed by atoms with Crippen molar-refractivity contribution in [3.8, 4) is 5.75 Å². The molecule has 3 N–H and O–H groups in total. The van der Waals surface area contributed by atoms with Gasteiger partial charge >= 0.3 is 0 Å². The van der Waals surface area contributed by atoms with E-state index < -0.39 is 0 Å². The van der Waals surface area contributed by atoms with E-state index >= 15 is 0 Å². The number of carbonyl (C=O) groups is 1. The van der Waals surface area contributed by atoms with Gasteiger partial charge in [-0.3, -0.25) is 4.79 Å². The molecule has 1 amide bonds. The van der Waals surface area contributed by atoms with Crippen LogP contribution in [0.25, 0.3) is 0 Å². The fourth-order valence-electron chi connectivity index (χ4n) is 2.26. The van der Waals surface area contributed by atoms with Crippen LogP contribution in [0.15, 0.2) is 18.2 Å². The van der Waals surface area contributed by atoms with Crippen LogP contribution in [-0.4, -0.2) is 38.6 Å². The second-order valence-corrected chi connectivity index (χ2v) is 5.48. The summed E-state index contributed by atoms with van der Waals surface area (Å²) >= 11 is 0. The van der Waals surface area contributed by atoms with Gasteiger partial charge < -0.3 is 20.7 Å². The Morgan fingerprint density at radius 1 is 1.43 bits per heavy atom. The van der Waals surface area contributed by atoms with E-state index in [9.17, 15) is 4.79 Å². The topological polar surface area (TPSA) is 67.6 Å². The third-order valence-electron chi connectivity index (χ3n) is 3.31. The number of nitrogens with zero attached hydrogens (tertiary/aromatic N) is 1. The zero-order chi connectivity index (χ0) is 15.8. The van der Waals surface area contributed by atoms with E-state index in [0.29, 0.717) is 18.0 Å². The van der Waals surface area contributed by atoms with Gasteiger partial charge in [0.05, 0.1) is 18.7 Å². The Labute approximate surface area is 127 Å². The molecule has 1 aromatic rings. The highest BCUT2D eigenvalue weighted by molar-refractivity contribution is 5.94. The largest absolute Gasteiger partial charge is 0.495 e. The molecule has 0 aromatic heterocycles. The van der Waals surface area contributed by atoms with Crippen LogP contribution in [0.3, 0.4) is 0 Å². The van der Waals surface area contributed by atoms with E-state index in [1.807, 2.05) is 39.2 Å². The van der Waals surface area contributed by atoms with Gasteiger partial charge in [0.1, 0.15) is 5.75 Å². The number of rotatable bonds is 8. The number of ether oxygens (including phenoxy) is 1. The first-order chi connectivity index (χ1) is 10.0. The van der Waals surface area contributed by atoms with Gasteiger partial charge in [0, 0.05) is 13.1 Å². The first-order valence-electron chi connectivity index (χ1n) is 7.34. The molecular weight excluding hydrogens is 266 g/mol. The molecule has 0 spiro atoms. The van der Waals surface area contributed by atoms with E-state index in [-0.39, 0.29) is 11.8 Å². The van der Waals surface area contributed by atoms with Gasteiger partial charge in [-0.25, -0.2) is 0 Å². The van der Waals surface area contributed by atoms with Gasteiger partial charge in [-0.2, -0.15) is 0 Å². The molecule has 5 nitrogen and oxygen atoms in total. The molecule has 1 atom stereocenters. The van der Waals surface area contributed by atoms with Crippen molar-refractivity contribution in [1.82, 2.24) is 4.90 Å². The summed E-state index contributed by atoms with van der Waals surface area (Å²) in [7, 11) is 5.62. The maximum Gasteiger partial charge on any atom is 0.228 e. The molecule has 1 unspecified atom stereocenters. The molecule has 0 saturated carbocycles. The monoisotopic (exact) mass is 293 g/mol. The minimum Gasteiger partial charge on any atom is -0.495 e. The second-order valence-electron chi connectivity index (χ2n) is 5.48. The Bertz CT molecular complexity index is 461. The third kappa shape index (κ3) is 5.36. The molecule has 0 heterocycles.